The number of amides is 1. The van der Waals surface area contributed by atoms with Crippen molar-refractivity contribution in [3.63, 3.8) is 0 Å². The van der Waals surface area contributed by atoms with Gasteiger partial charge in [0.15, 0.2) is 5.96 Å². The van der Waals surface area contributed by atoms with Crippen molar-refractivity contribution in [3.05, 3.63) is 0 Å². The average molecular weight is 508 g/mol. The van der Waals surface area contributed by atoms with Gasteiger partial charge < -0.3 is 20.4 Å². The predicted molar refractivity (Wildman–Crippen MR) is 128 cm³/mol. The number of nitrogens with one attached hydrogen (secondary N) is 2. The first-order chi connectivity index (χ1) is 13.0. The number of halogens is 1. The van der Waals surface area contributed by atoms with Crippen LogP contribution in [0.1, 0.15) is 45.4 Å². The third kappa shape index (κ3) is 8.02. The second-order valence-electron chi connectivity index (χ2n) is 8.04. The predicted octanol–water partition coefficient (Wildman–Crippen LogP) is 1.59. The molecule has 2 aliphatic rings. The lowest BCUT2D eigenvalue weighted by molar-refractivity contribution is -0.133. The Bertz CT molecular complexity index is 479. The van der Waals surface area contributed by atoms with Gasteiger partial charge in [0.1, 0.15) is 0 Å². The van der Waals surface area contributed by atoms with Crippen LogP contribution in [0.5, 0.6) is 0 Å². The minimum atomic E-state index is 0. The maximum atomic E-state index is 12.3. The second-order valence-corrected chi connectivity index (χ2v) is 8.04. The topological polar surface area (TPSA) is 63.2 Å². The van der Waals surface area contributed by atoms with Gasteiger partial charge in [0.2, 0.25) is 5.91 Å². The fraction of sp³-hybridized carbons (Fsp3) is 0.900. The van der Waals surface area contributed by atoms with E-state index in [1.54, 1.807) is 4.90 Å². The molecule has 1 amide bonds. The summed E-state index contributed by atoms with van der Waals surface area (Å²) in [6.07, 6.45) is 6.74. The molecule has 0 saturated carbocycles. The molecule has 0 aromatic rings. The molecule has 2 rings (SSSR count). The van der Waals surface area contributed by atoms with E-state index in [0.717, 1.165) is 44.9 Å². The van der Waals surface area contributed by atoms with Crippen LogP contribution in [-0.2, 0) is 4.79 Å². The molecular weight excluding hydrogens is 467 g/mol. The molecule has 0 aromatic carbocycles. The minimum Gasteiger partial charge on any atom is -0.356 e. The highest BCUT2D eigenvalue weighted by Crippen LogP contribution is 2.18. The number of aliphatic imine (C=N–C) groups is 1. The van der Waals surface area contributed by atoms with Crippen molar-refractivity contribution in [2.75, 3.05) is 60.4 Å². The zero-order valence-electron chi connectivity index (χ0n) is 18.2. The van der Waals surface area contributed by atoms with Gasteiger partial charge in [0.25, 0.3) is 0 Å². The lowest BCUT2D eigenvalue weighted by Gasteiger charge is -2.32. The van der Waals surface area contributed by atoms with Crippen LogP contribution in [0, 0.1) is 0 Å². The molecule has 2 fully saturated rings. The number of likely N-dealkylation sites (N-methyl/N-ethyl adjacent to an activating group) is 1. The van der Waals surface area contributed by atoms with E-state index in [1.165, 1.54) is 38.9 Å². The van der Waals surface area contributed by atoms with E-state index in [2.05, 4.69) is 32.3 Å². The smallest absolute Gasteiger partial charge is 0.239 e. The Morgan fingerprint density at radius 1 is 1.14 bits per heavy atom. The number of piperidine rings is 1. The molecule has 164 valence electrons. The Balaban J connectivity index is 0.00000392. The van der Waals surface area contributed by atoms with E-state index < -0.39 is 0 Å². The summed E-state index contributed by atoms with van der Waals surface area (Å²) in [6.45, 7) is 8.70. The molecule has 2 saturated heterocycles. The molecule has 7 nitrogen and oxygen atoms in total. The van der Waals surface area contributed by atoms with Gasteiger partial charge in [-0.2, -0.15) is 0 Å². The molecule has 0 radical (unpaired) electrons. The summed E-state index contributed by atoms with van der Waals surface area (Å²) >= 11 is 0. The molecule has 1 unspecified atom stereocenters. The van der Waals surface area contributed by atoms with Gasteiger partial charge in [-0.1, -0.05) is 6.92 Å². The Kier molecular flexibility index (Phi) is 12.3. The average Bonchev–Trinajstić information content (AvgIpc) is 3.13. The number of rotatable bonds is 8. The van der Waals surface area contributed by atoms with Gasteiger partial charge in [-0.05, 0) is 51.6 Å². The highest BCUT2D eigenvalue weighted by Gasteiger charge is 2.31. The van der Waals surface area contributed by atoms with Crippen molar-refractivity contribution in [2.45, 2.75) is 57.5 Å². The van der Waals surface area contributed by atoms with Crippen molar-refractivity contribution >= 4 is 35.8 Å². The molecule has 28 heavy (non-hydrogen) atoms. The van der Waals surface area contributed by atoms with Crippen molar-refractivity contribution in [2.24, 2.45) is 4.99 Å². The maximum Gasteiger partial charge on any atom is 0.239 e. The maximum absolute atomic E-state index is 12.3. The first kappa shape index (κ1) is 25.4. The van der Waals surface area contributed by atoms with Gasteiger partial charge in [-0.15, -0.1) is 24.0 Å². The van der Waals surface area contributed by atoms with Crippen LogP contribution in [-0.4, -0.2) is 99.1 Å². The van der Waals surface area contributed by atoms with E-state index in [-0.39, 0.29) is 35.9 Å². The molecule has 0 aliphatic carbocycles. The van der Waals surface area contributed by atoms with E-state index >= 15 is 0 Å². The first-order valence-corrected chi connectivity index (χ1v) is 10.7. The van der Waals surface area contributed by atoms with Crippen molar-refractivity contribution in [1.29, 1.82) is 0 Å². The Hall–Kier alpha value is -0.610. The van der Waals surface area contributed by atoms with Gasteiger partial charge in [-0.3, -0.25) is 14.7 Å². The van der Waals surface area contributed by atoms with Crippen LogP contribution < -0.4 is 10.6 Å². The number of carbonyl (C=O) groups excluding carboxylic acids is 1. The fourth-order valence-corrected chi connectivity index (χ4v) is 4.17. The van der Waals surface area contributed by atoms with Gasteiger partial charge in [0.05, 0.1) is 6.04 Å². The number of carbonyl (C=O) groups is 1. The minimum absolute atomic E-state index is 0. The SMILES string of the molecule is CCCN1CCC(NC(=NC)NCCCN2CCCC2C(=O)N(C)C)CC1.I. The summed E-state index contributed by atoms with van der Waals surface area (Å²) in [5.41, 5.74) is 0. The number of nitrogens with zero attached hydrogens (tertiary/aromatic N) is 4. The van der Waals surface area contributed by atoms with Crippen LogP contribution in [0.3, 0.4) is 0 Å². The first-order valence-electron chi connectivity index (χ1n) is 10.7. The zero-order valence-corrected chi connectivity index (χ0v) is 20.6. The van der Waals surface area contributed by atoms with E-state index in [4.69, 9.17) is 0 Å². The Morgan fingerprint density at radius 2 is 1.86 bits per heavy atom. The normalized spacial score (nSPS) is 22.0. The van der Waals surface area contributed by atoms with Crippen LogP contribution in [0.4, 0.5) is 0 Å². The van der Waals surface area contributed by atoms with Crippen molar-refractivity contribution in [3.8, 4) is 0 Å². The number of guanidine groups is 1. The summed E-state index contributed by atoms with van der Waals surface area (Å²) in [5, 5.41) is 7.02. The van der Waals surface area contributed by atoms with E-state index in [9.17, 15) is 4.79 Å². The third-order valence-corrected chi connectivity index (χ3v) is 5.70. The summed E-state index contributed by atoms with van der Waals surface area (Å²) < 4.78 is 0. The molecule has 2 N–H and O–H groups in total. The second kappa shape index (κ2) is 13.6. The quantitative estimate of drug-likeness (QED) is 0.226. The van der Waals surface area contributed by atoms with Gasteiger partial charge in [-0.25, -0.2) is 0 Å². The highest BCUT2D eigenvalue weighted by molar-refractivity contribution is 14.0. The zero-order chi connectivity index (χ0) is 19.6. The van der Waals surface area contributed by atoms with Crippen LogP contribution >= 0.6 is 24.0 Å². The summed E-state index contributed by atoms with van der Waals surface area (Å²) in [5.74, 6) is 1.15. The largest absolute Gasteiger partial charge is 0.356 e. The fourth-order valence-electron chi connectivity index (χ4n) is 4.17. The van der Waals surface area contributed by atoms with Crippen LogP contribution in [0.2, 0.25) is 0 Å². The van der Waals surface area contributed by atoms with Gasteiger partial charge >= 0.3 is 0 Å². The van der Waals surface area contributed by atoms with Crippen molar-refractivity contribution < 1.29 is 4.79 Å². The number of hydrogen-bond donors (Lipinski definition) is 2. The van der Waals surface area contributed by atoms with E-state index in [0.29, 0.717) is 6.04 Å². The van der Waals surface area contributed by atoms with Crippen LogP contribution in [0.25, 0.3) is 0 Å². The Labute approximate surface area is 188 Å². The Morgan fingerprint density at radius 3 is 2.46 bits per heavy atom. The third-order valence-electron chi connectivity index (χ3n) is 5.70. The molecule has 2 heterocycles. The molecule has 2 aliphatic heterocycles. The lowest BCUT2D eigenvalue weighted by atomic mass is 10.1. The number of hydrogen-bond acceptors (Lipinski definition) is 4. The molecule has 0 aromatic heterocycles. The highest BCUT2D eigenvalue weighted by atomic mass is 127. The standard InChI is InChI=1S/C20H40N6O.HI/c1-5-12-25-15-9-17(10-16-25)23-20(21-2)22-11-7-14-26-13-6-8-18(26)19(27)24(3)4;/h17-18H,5-16H2,1-4H3,(H2,21,22,23);1H. The molecule has 8 heteroatoms. The van der Waals surface area contributed by atoms with E-state index in [1.807, 2.05) is 21.1 Å². The summed E-state index contributed by atoms with van der Waals surface area (Å²) in [6, 6.07) is 0.593. The van der Waals surface area contributed by atoms with Gasteiger partial charge in [0, 0.05) is 53.4 Å². The number of likely N-dealkylation sites (tertiary alicyclic amines) is 2. The molecule has 0 spiro atoms. The molecule has 0 bridgehead atoms. The summed E-state index contributed by atoms with van der Waals surface area (Å²) in [4.78, 5) is 23.3. The monoisotopic (exact) mass is 508 g/mol. The molecular formula is C20H41IN6O. The lowest BCUT2D eigenvalue weighted by Crippen LogP contribution is -2.49. The van der Waals surface area contributed by atoms with Crippen LogP contribution in [0.15, 0.2) is 4.99 Å². The summed E-state index contributed by atoms with van der Waals surface area (Å²) in [7, 11) is 5.54. The molecule has 1 atom stereocenters. The van der Waals surface area contributed by atoms with Crippen molar-refractivity contribution in [1.82, 2.24) is 25.3 Å².